The number of aromatic nitrogens is 1. The molecule has 18 heavy (non-hydrogen) atoms. The largest absolute Gasteiger partial charge is 0.439 e. The Bertz CT molecular complexity index is 555. The molecule has 92 valence electrons. The lowest BCUT2D eigenvalue weighted by Gasteiger charge is -2.06. The summed E-state index contributed by atoms with van der Waals surface area (Å²) < 4.78 is 5.56. The number of pyridine rings is 1. The van der Waals surface area contributed by atoms with Gasteiger partial charge in [0.15, 0.2) is 0 Å². The van der Waals surface area contributed by atoms with E-state index in [2.05, 4.69) is 4.98 Å². The van der Waals surface area contributed by atoms with E-state index in [1.165, 1.54) is 0 Å². The van der Waals surface area contributed by atoms with E-state index >= 15 is 0 Å². The number of rotatable bonds is 4. The van der Waals surface area contributed by atoms with E-state index in [0.717, 1.165) is 5.56 Å². The highest BCUT2D eigenvalue weighted by atomic mass is 32.1. The number of nitrogens with zero attached hydrogens (tertiary/aromatic N) is 1. The van der Waals surface area contributed by atoms with Crippen LogP contribution in [0.15, 0.2) is 42.6 Å². The molecule has 0 saturated carbocycles. The Morgan fingerprint density at radius 2 is 2.00 bits per heavy atom. The summed E-state index contributed by atoms with van der Waals surface area (Å²) in [6.07, 6.45) is 1.59. The quantitative estimate of drug-likeness (QED) is 0.823. The van der Waals surface area contributed by atoms with Crippen LogP contribution < -0.4 is 10.5 Å². The summed E-state index contributed by atoms with van der Waals surface area (Å²) in [4.78, 5) is 4.38. The van der Waals surface area contributed by atoms with E-state index in [0.29, 0.717) is 22.2 Å². The predicted octanol–water partition coefficient (Wildman–Crippen LogP) is 2.00. The molecular formula is C13H12N2O2S. The number of aliphatic hydroxyl groups is 1. The van der Waals surface area contributed by atoms with Gasteiger partial charge in [-0.05, 0) is 23.8 Å². The molecule has 5 heteroatoms. The van der Waals surface area contributed by atoms with Crippen LogP contribution in [0.5, 0.6) is 11.6 Å². The number of aliphatic hydroxyl groups excluding tert-OH is 1. The summed E-state index contributed by atoms with van der Waals surface area (Å²) in [6.45, 7) is 0.00938. The first-order chi connectivity index (χ1) is 8.69. The van der Waals surface area contributed by atoms with E-state index in [1.807, 2.05) is 0 Å². The normalized spacial score (nSPS) is 10.1. The second-order valence-corrected chi connectivity index (χ2v) is 4.09. The monoisotopic (exact) mass is 260 g/mol. The van der Waals surface area contributed by atoms with Gasteiger partial charge in [0, 0.05) is 17.8 Å². The third-order valence-electron chi connectivity index (χ3n) is 2.35. The summed E-state index contributed by atoms with van der Waals surface area (Å²) in [5.74, 6) is 1.07. The molecule has 2 aromatic rings. The molecule has 3 N–H and O–H groups in total. The Labute approximate surface area is 110 Å². The van der Waals surface area contributed by atoms with Gasteiger partial charge in [-0.15, -0.1) is 0 Å². The van der Waals surface area contributed by atoms with Crippen LogP contribution >= 0.6 is 12.2 Å². The van der Waals surface area contributed by atoms with Crippen molar-refractivity contribution in [2.75, 3.05) is 0 Å². The van der Waals surface area contributed by atoms with Crippen LogP contribution in [0.3, 0.4) is 0 Å². The van der Waals surface area contributed by atoms with Gasteiger partial charge in [0.1, 0.15) is 10.7 Å². The zero-order valence-electron chi connectivity index (χ0n) is 9.54. The highest BCUT2D eigenvalue weighted by Gasteiger charge is 2.02. The van der Waals surface area contributed by atoms with E-state index in [4.69, 9.17) is 27.8 Å². The lowest BCUT2D eigenvalue weighted by Crippen LogP contribution is -2.09. The maximum atomic E-state index is 8.93. The van der Waals surface area contributed by atoms with E-state index in [9.17, 15) is 0 Å². The standard InChI is InChI=1S/C13H12N2O2S/c14-13(18)10-5-6-15-12(7-10)17-11-3-1-9(8-16)2-4-11/h1-7,16H,8H2,(H2,14,18). The van der Waals surface area contributed by atoms with Crippen molar-refractivity contribution < 1.29 is 9.84 Å². The fourth-order valence-electron chi connectivity index (χ4n) is 1.40. The Hall–Kier alpha value is -1.98. The number of thiocarbonyl (C=S) groups is 1. The molecule has 0 radical (unpaired) electrons. The number of ether oxygens (including phenoxy) is 1. The fraction of sp³-hybridized carbons (Fsp3) is 0.0769. The van der Waals surface area contributed by atoms with E-state index in [-0.39, 0.29) is 6.61 Å². The molecule has 0 unspecified atom stereocenters. The first-order valence-electron chi connectivity index (χ1n) is 5.32. The Kier molecular flexibility index (Phi) is 3.86. The molecule has 0 aliphatic carbocycles. The SMILES string of the molecule is NC(=S)c1ccnc(Oc2ccc(CO)cc2)c1. The Morgan fingerprint density at radius 3 is 2.61 bits per heavy atom. The van der Waals surface area contributed by atoms with Crippen LogP contribution in [0.1, 0.15) is 11.1 Å². The Balaban J connectivity index is 2.17. The molecule has 2 rings (SSSR count). The van der Waals surface area contributed by atoms with Crippen molar-refractivity contribution >= 4 is 17.2 Å². The molecule has 0 bridgehead atoms. The average molecular weight is 260 g/mol. The van der Waals surface area contributed by atoms with Crippen molar-refractivity contribution in [2.45, 2.75) is 6.61 Å². The maximum Gasteiger partial charge on any atom is 0.219 e. The lowest BCUT2D eigenvalue weighted by molar-refractivity contribution is 0.281. The number of hydrogen-bond acceptors (Lipinski definition) is 4. The molecule has 1 aromatic heterocycles. The van der Waals surface area contributed by atoms with Crippen LogP contribution in [0.2, 0.25) is 0 Å². The van der Waals surface area contributed by atoms with Gasteiger partial charge in [0.05, 0.1) is 6.61 Å². The molecule has 0 aliphatic rings. The molecule has 0 fully saturated rings. The molecular weight excluding hydrogens is 248 g/mol. The summed E-state index contributed by atoms with van der Waals surface area (Å²) in [5, 5.41) is 8.93. The maximum absolute atomic E-state index is 8.93. The van der Waals surface area contributed by atoms with Crippen molar-refractivity contribution in [3.8, 4) is 11.6 Å². The van der Waals surface area contributed by atoms with Gasteiger partial charge in [-0.25, -0.2) is 4.98 Å². The van der Waals surface area contributed by atoms with Crippen LogP contribution in [0, 0.1) is 0 Å². The molecule has 0 aliphatic heterocycles. The molecule has 4 nitrogen and oxygen atoms in total. The highest BCUT2D eigenvalue weighted by molar-refractivity contribution is 7.80. The summed E-state index contributed by atoms with van der Waals surface area (Å²) in [5.41, 5.74) is 7.07. The topological polar surface area (TPSA) is 68.4 Å². The van der Waals surface area contributed by atoms with Crippen LogP contribution in [0.4, 0.5) is 0 Å². The van der Waals surface area contributed by atoms with Gasteiger partial charge in [0.2, 0.25) is 5.88 Å². The smallest absolute Gasteiger partial charge is 0.219 e. The van der Waals surface area contributed by atoms with Crippen LogP contribution in [-0.2, 0) is 6.61 Å². The molecule has 0 spiro atoms. The average Bonchev–Trinajstić information content (AvgIpc) is 2.40. The summed E-state index contributed by atoms with van der Waals surface area (Å²) in [7, 11) is 0. The molecule has 0 atom stereocenters. The molecule has 1 aromatic carbocycles. The second-order valence-electron chi connectivity index (χ2n) is 3.65. The van der Waals surface area contributed by atoms with E-state index in [1.54, 1.807) is 42.6 Å². The van der Waals surface area contributed by atoms with Gasteiger partial charge in [-0.3, -0.25) is 0 Å². The van der Waals surface area contributed by atoms with Crippen molar-refractivity contribution in [3.05, 3.63) is 53.7 Å². The Morgan fingerprint density at radius 1 is 1.28 bits per heavy atom. The molecule has 1 heterocycles. The van der Waals surface area contributed by atoms with Crippen molar-refractivity contribution in [3.63, 3.8) is 0 Å². The minimum Gasteiger partial charge on any atom is -0.439 e. The van der Waals surface area contributed by atoms with Gasteiger partial charge >= 0.3 is 0 Å². The molecule has 0 amide bonds. The van der Waals surface area contributed by atoms with Crippen molar-refractivity contribution in [2.24, 2.45) is 5.73 Å². The zero-order valence-corrected chi connectivity index (χ0v) is 10.4. The minimum absolute atomic E-state index is 0.00938. The van der Waals surface area contributed by atoms with Crippen LogP contribution in [-0.4, -0.2) is 15.1 Å². The number of benzene rings is 1. The van der Waals surface area contributed by atoms with E-state index < -0.39 is 0 Å². The highest BCUT2D eigenvalue weighted by Crippen LogP contribution is 2.20. The van der Waals surface area contributed by atoms with Crippen molar-refractivity contribution in [1.82, 2.24) is 4.98 Å². The second kappa shape index (κ2) is 5.57. The summed E-state index contributed by atoms with van der Waals surface area (Å²) in [6, 6.07) is 10.5. The zero-order chi connectivity index (χ0) is 13.0. The summed E-state index contributed by atoms with van der Waals surface area (Å²) >= 11 is 4.89. The first-order valence-corrected chi connectivity index (χ1v) is 5.73. The van der Waals surface area contributed by atoms with Gasteiger partial charge < -0.3 is 15.6 Å². The predicted molar refractivity (Wildman–Crippen MR) is 72.6 cm³/mol. The third kappa shape index (κ3) is 3.03. The third-order valence-corrected chi connectivity index (χ3v) is 2.58. The fourth-order valence-corrected chi connectivity index (χ4v) is 1.53. The van der Waals surface area contributed by atoms with Gasteiger partial charge in [0.25, 0.3) is 0 Å². The first kappa shape index (κ1) is 12.5. The minimum atomic E-state index is 0.00938. The number of hydrogen-bond donors (Lipinski definition) is 2. The lowest BCUT2D eigenvalue weighted by atomic mass is 10.2. The van der Waals surface area contributed by atoms with Gasteiger partial charge in [-0.2, -0.15) is 0 Å². The van der Waals surface area contributed by atoms with Crippen molar-refractivity contribution in [1.29, 1.82) is 0 Å². The van der Waals surface area contributed by atoms with Crippen LogP contribution in [0.25, 0.3) is 0 Å². The number of nitrogens with two attached hydrogens (primary N) is 1. The molecule has 0 saturated heterocycles. The van der Waals surface area contributed by atoms with Gasteiger partial charge in [-0.1, -0.05) is 24.4 Å².